The fourth-order valence-electron chi connectivity index (χ4n) is 4.84. The number of anilines is 1. The van der Waals surface area contributed by atoms with Gasteiger partial charge in [-0.25, -0.2) is 23.4 Å². The van der Waals surface area contributed by atoms with Crippen LogP contribution in [0, 0.1) is 0 Å². The molecule has 12 heteroatoms. The Morgan fingerprint density at radius 3 is 2.44 bits per heavy atom. The Balaban J connectivity index is 1.63. The van der Waals surface area contributed by atoms with Crippen molar-refractivity contribution in [2.75, 3.05) is 5.32 Å². The van der Waals surface area contributed by atoms with Crippen molar-refractivity contribution in [3.05, 3.63) is 123 Å². The third-order valence-electron chi connectivity index (χ3n) is 6.67. The number of nitrogens with one attached hydrogen (secondary N) is 2. The van der Waals surface area contributed by atoms with E-state index < -0.39 is 21.4 Å². The monoisotopic (exact) mass is 584 g/mol. The molecule has 1 atom stereocenters. The van der Waals surface area contributed by atoms with Gasteiger partial charge < -0.3 is 10.3 Å². The number of benzene rings is 2. The number of nitrogens with zero attached hydrogens (tertiary/aromatic N) is 4. The average Bonchev–Trinajstić information content (AvgIpc) is 2.99. The van der Waals surface area contributed by atoms with Crippen LogP contribution in [0.3, 0.4) is 0 Å². The van der Waals surface area contributed by atoms with Crippen LogP contribution in [0.4, 0.5) is 5.82 Å². The van der Waals surface area contributed by atoms with E-state index in [1.807, 2.05) is 0 Å². The van der Waals surface area contributed by atoms with Gasteiger partial charge in [-0.1, -0.05) is 48.0 Å². The maximum Gasteiger partial charge on any atom is 0.264 e. The third-order valence-corrected chi connectivity index (χ3v) is 8.78. The van der Waals surface area contributed by atoms with Crippen molar-refractivity contribution in [2.24, 2.45) is 0 Å². The molecule has 0 aliphatic rings. The molecule has 41 heavy (non-hydrogen) atoms. The Kier molecular flexibility index (Phi) is 6.60. The van der Waals surface area contributed by atoms with Crippen molar-refractivity contribution >= 4 is 49.1 Å². The molecule has 0 radical (unpaired) electrons. The lowest BCUT2D eigenvalue weighted by atomic mass is 10.1. The standard InChI is InChI=1S/C29H21ClN6O4S/c1-17(35-28-24-20(37)13-15-32-27(24)33-16-34-28)26-25(30)19-10-7-11-21(41(39,40)22-12-5-6-14-31-22)23(19)29(38)36(26)18-8-3-2-4-9-18/h2-17H,1H3,(H2,32,33,34,35,37)/t17-/m0/s1. The molecule has 10 nitrogen and oxygen atoms in total. The fraction of sp³-hybridized carbons (Fsp3) is 0.0690. The minimum Gasteiger partial charge on any atom is -0.361 e. The van der Waals surface area contributed by atoms with Gasteiger partial charge >= 0.3 is 0 Å². The summed E-state index contributed by atoms with van der Waals surface area (Å²) < 4.78 is 28.7. The van der Waals surface area contributed by atoms with Crippen LogP contribution in [-0.4, -0.2) is 32.9 Å². The predicted molar refractivity (Wildman–Crippen MR) is 156 cm³/mol. The van der Waals surface area contributed by atoms with Crippen molar-refractivity contribution in [1.29, 1.82) is 0 Å². The van der Waals surface area contributed by atoms with Crippen LogP contribution < -0.4 is 16.3 Å². The van der Waals surface area contributed by atoms with Crippen LogP contribution in [0.1, 0.15) is 18.7 Å². The van der Waals surface area contributed by atoms with E-state index in [9.17, 15) is 18.0 Å². The van der Waals surface area contributed by atoms with Crippen LogP contribution in [0.5, 0.6) is 0 Å². The molecule has 0 aliphatic carbocycles. The zero-order valence-corrected chi connectivity index (χ0v) is 23.0. The first kappa shape index (κ1) is 26.4. The minimum atomic E-state index is -4.17. The quantitative estimate of drug-likeness (QED) is 0.288. The first-order chi connectivity index (χ1) is 19.8. The number of aromatic nitrogens is 5. The van der Waals surface area contributed by atoms with E-state index in [1.54, 1.807) is 55.5 Å². The average molecular weight is 585 g/mol. The number of halogens is 1. The summed E-state index contributed by atoms with van der Waals surface area (Å²) in [6.07, 6.45) is 4.18. The molecule has 4 aromatic heterocycles. The molecule has 0 saturated heterocycles. The molecule has 0 unspecified atom stereocenters. The summed E-state index contributed by atoms with van der Waals surface area (Å²) in [5.74, 6) is 0.249. The van der Waals surface area contributed by atoms with E-state index in [2.05, 4.69) is 25.3 Å². The van der Waals surface area contributed by atoms with Gasteiger partial charge in [0.2, 0.25) is 9.84 Å². The number of rotatable bonds is 6. The Bertz CT molecular complexity index is 2160. The number of fused-ring (bicyclic) bond motifs is 2. The highest BCUT2D eigenvalue weighted by atomic mass is 35.5. The van der Waals surface area contributed by atoms with Crippen molar-refractivity contribution in [3.63, 3.8) is 0 Å². The van der Waals surface area contributed by atoms with Gasteiger partial charge in [-0.15, -0.1) is 0 Å². The number of hydrogen-bond donors (Lipinski definition) is 2. The van der Waals surface area contributed by atoms with Crippen molar-refractivity contribution < 1.29 is 8.42 Å². The van der Waals surface area contributed by atoms with Gasteiger partial charge in [0.1, 0.15) is 23.2 Å². The highest BCUT2D eigenvalue weighted by Gasteiger charge is 2.28. The summed E-state index contributed by atoms with van der Waals surface area (Å²) in [4.78, 5) is 42.1. The third kappa shape index (κ3) is 4.45. The first-order valence-electron chi connectivity index (χ1n) is 12.5. The normalized spacial score (nSPS) is 12.4. The zero-order valence-electron chi connectivity index (χ0n) is 21.4. The van der Waals surface area contributed by atoms with E-state index in [0.29, 0.717) is 17.0 Å². The van der Waals surface area contributed by atoms with Crippen molar-refractivity contribution in [3.8, 4) is 5.69 Å². The molecule has 204 valence electrons. The molecule has 0 fully saturated rings. The molecule has 0 amide bonds. The topological polar surface area (TPSA) is 140 Å². The summed E-state index contributed by atoms with van der Waals surface area (Å²) in [6, 6.07) is 18.5. The van der Waals surface area contributed by atoms with Gasteiger partial charge in [-0.2, -0.15) is 0 Å². The number of H-pyrrole nitrogens is 1. The summed E-state index contributed by atoms with van der Waals surface area (Å²) in [7, 11) is -4.17. The van der Waals surface area contributed by atoms with Crippen LogP contribution in [-0.2, 0) is 9.84 Å². The lowest BCUT2D eigenvalue weighted by Gasteiger charge is -2.24. The summed E-state index contributed by atoms with van der Waals surface area (Å²) in [6.45, 7) is 1.77. The van der Waals surface area contributed by atoms with Crippen LogP contribution in [0.2, 0.25) is 5.02 Å². The van der Waals surface area contributed by atoms with Gasteiger partial charge in [0, 0.05) is 29.5 Å². The summed E-state index contributed by atoms with van der Waals surface area (Å²) >= 11 is 7.04. The second-order valence-electron chi connectivity index (χ2n) is 9.18. The second-order valence-corrected chi connectivity index (χ2v) is 11.4. The molecule has 0 bridgehead atoms. The Labute approximate surface area is 238 Å². The molecule has 6 aromatic rings. The Hall–Kier alpha value is -4.87. The van der Waals surface area contributed by atoms with E-state index in [-0.39, 0.29) is 42.3 Å². The van der Waals surface area contributed by atoms with Crippen LogP contribution >= 0.6 is 11.6 Å². The lowest BCUT2D eigenvalue weighted by molar-refractivity contribution is 0.593. The molecular formula is C29H21ClN6O4S. The highest BCUT2D eigenvalue weighted by Crippen LogP contribution is 2.36. The lowest BCUT2D eigenvalue weighted by Crippen LogP contribution is -2.27. The molecule has 0 spiro atoms. The molecule has 0 aliphatic heterocycles. The second kappa shape index (κ2) is 10.3. The smallest absolute Gasteiger partial charge is 0.264 e. The van der Waals surface area contributed by atoms with Crippen molar-refractivity contribution in [1.82, 2.24) is 24.5 Å². The fourth-order valence-corrected chi connectivity index (χ4v) is 6.65. The maximum absolute atomic E-state index is 14.3. The van der Waals surface area contributed by atoms with E-state index in [4.69, 9.17) is 11.6 Å². The van der Waals surface area contributed by atoms with E-state index in [0.717, 1.165) is 0 Å². The molecule has 2 aromatic carbocycles. The molecule has 4 heterocycles. The largest absolute Gasteiger partial charge is 0.361 e. The van der Waals surface area contributed by atoms with Gasteiger partial charge in [0.15, 0.2) is 10.5 Å². The predicted octanol–water partition coefficient (Wildman–Crippen LogP) is 4.68. The minimum absolute atomic E-state index is 0.0631. The molecule has 6 rings (SSSR count). The number of aromatic amines is 1. The molecule has 0 saturated carbocycles. The molecule has 2 N–H and O–H groups in total. The number of para-hydroxylation sites is 1. The maximum atomic E-state index is 14.3. The highest BCUT2D eigenvalue weighted by molar-refractivity contribution is 7.91. The van der Waals surface area contributed by atoms with Crippen LogP contribution in [0.15, 0.2) is 111 Å². The zero-order chi connectivity index (χ0) is 28.7. The number of pyridine rings is 3. The van der Waals surface area contributed by atoms with E-state index >= 15 is 0 Å². The summed E-state index contributed by atoms with van der Waals surface area (Å²) in [5, 5.41) is 3.63. The van der Waals surface area contributed by atoms with Gasteiger partial charge in [-0.3, -0.25) is 14.2 Å². The van der Waals surface area contributed by atoms with Gasteiger partial charge in [0.05, 0.1) is 27.0 Å². The van der Waals surface area contributed by atoms with Gasteiger partial charge in [-0.05, 0) is 37.3 Å². The van der Waals surface area contributed by atoms with Crippen molar-refractivity contribution in [2.45, 2.75) is 22.9 Å². The molecular weight excluding hydrogens is 564 g/mol. The number of sulfone groups is 1. The van der Waals surface area contributed by atoms with E-state index in [1.165, 1.54) is 47.6 Å². The van der Waals surface area contributed by atoms with Gasteiger partial charge in [0.25, 0.3) is 5.56 Å². The summed E-state index contributed by atoms with van der Waals surface area (Å²) in [5.41, 5.74) is 0.294. The Morgan fingerprint density at radius 2 is 1.68 bits per heavy atom. The Morgan fingerprint density at radius 1 is 0.902 bits per heavy atom. The number of hydrogen-bond acceptors (Lipinski definition) is 8. The first-order valence-corrected chi connectivity index (χ1v) is 14.3. The van der Waals surface area contributed by atoms with Crippen LogP contribution in [0.25, 0.3) is 27.5 Å². The SMILES string of the molecule is C[C@H](Nc1ncnc2[nH]ccc(=O)c12)c1c(Cl)c2cccc(S(=O)(=O)c3ccccn3)c2c(=O)n1-c1ccccc1.